The van der Waals surface area contributed by atoms with Crippen LogP contribution in [0, 0.1) is 27.7 Å². The molecule has 39 heavy (non-hydrogen) atoms. The maximum atomic E-state index is 4.63. The third-order valence-corrected chi connectivity index (χ3v) is 5.75. The van der Waals surface area contributed by atoms with Gasteiger partial charge in [0.05, 0.1) is 22.8 Å². The molecule has 0 fully saturated rings. The van der Waals surface area contributed by atoms with Crippen molar-refractivity contribution in [1.82, 2.24) is 39.5 Å². The van der Waals surface area contributed by atoms with Crippen LogP contribution in [-0.4, -0.2) is 39.5 Å². The summed E-state index contributed by atoms with van der Waals surface area (Å²) in [6.45, 7) is 8.20. The summed E-state index contributed by atoms with van der Waals surface area (Å²) in [6.07, 6.45) is 10.9. The Hall–Kier alpha value is -4.47. The van der Waals surface area contributed by atoms with Crippen molar-refractivity contribution in [1.29, 1.82) is 0 Å². The molecule has 0 N–H and O–H groups in total. The molecule has 0 saturated carbocycles. The van der Waals surface area contributed by atoms with Crippen molar-refractivity contribution < 1.29 is 16.8 Å². The van der Waals surface area contributed by atoms with Gasteiger partial charge >= 0.3 is 16.8 Å². The first-order valence-electron chi connectivity index (χ1n) is 12.3. The van der Waals surface area contributed by atoms with Crippen LogP contribution in [0.5, 0.6) is 0 Å². The van der Waals surface area contributed by atoms with Gasteiger partial charge in [-0.15, -0.1) is 0 Å². The molecule has 0 aliphatic carbocycles. The van der Waals surface area contributed by atoms with Gasteiger partial charge in [-0.1, -0.05) is 0 Å². The van der Waals surface area contributed by atoms with Crippen molar-refractivity contribution in [2.24, 2.45) is 0 Å². The standard InChI is InChI=1S/2C15H14N4.Co/c2*1-11-4-6-16-13(8-11)14-9-12(2)10-15(18-14)19-7-3-5-17-19;/h2*3-10H,1-2H3;/q;;+2. The number of pyridine rings is 4. The van der Waals surface area contributed by atoms with Gasteiger partial charge in [0, 0.05) is 37.2 Å². The largest absolute Gasteiger partial charge is 2.00 e. The number of aryl methyl sites for hydroxylation is 4. The normalized spacial score (nSPS) is 10.4. The molecular weight excluding hydrogens is 531 g/mol. The van der Waals surface area contributed by atoms with Gasteiger partial charge in [-0.2, -0.15) is 10.2 Å². The van der Waals surface area contributed by atoms with E-state index < -0.39 is 0 Å². The molecule has 6 rings (SSSR count). The van der Waals surface area contributed by atoms with Crippen LogP contribution in [0.15, 0.2) is 97.8 Å². The summed E-state index contributed by atoms with van der Waals surface area (Å²) in [6, 6.07) is 19.9. The quantitative estimate of drug-likeness (QED) is 0.268. The van der Waals surface area contributed by atoms with Crippen molar-refractivity contribution in [3.63, 3.8) is 0 Å². The van der Waals surface area contributed by atoms with E-state index in [-0.39, 0.29) is 16.8 Å². The Balaban J connectivity index is 0.000000176. The third kappa shape index (κ3) is 6.89. The fourth-order valence-electron chi connectivity index (χ4n) is 3.96. The Labute approximate surface area is 238 Å². The molecule has 0 aliphatic heterocycles. The second-order valence-electron chi connectivity index (χ2n) is 9.11. The fourth-order valence-corrected chi connectivity index (χ4v) is 3.96. The average Bonchev–Trinajstić information content (AvgIpc) is 3.64. The van der Waals surface area contributed by atoms with E-state index in [4.69, 9.17) is 0 Å². The maximum absolute atomic E-state index is 4.63. The molecule has 0 amide bonds. The first kappa shape index (κ1) is 27.6. The number of hydrogen-bond acceptors (Lipinski definition) is 6. The Morgan fingerprint density at radius 3 is 1.26 bits per heavy atom. The van der Waals surface area contributed by atoms with Gasteiger partial charge < -0.3 is 0 Å². The van der Waals surface area contributed by atoms with E-state index in [1.807, 2.05) is 99.3 Å². The molecule has 0 unspecified atom stereocenters. The molecule has 8 nitrogen and oxygen atoms in total. The smallest absolute Gasteiger partial charge is 0.255 e. The summed E-state index contributed by atoms with van der Waals surface area (Å²) in [5.41, 5.74) is 8.14. The van der Waals surface area contributed by atoms with Crippen molar-refractivity contribution in [2.75, 3.05) is 0 Å². The molecule has 0 aliphatic rings. The summed E-state index contributed by atoms with van der Waals surface area (Å²) < 4.78 is 3.51. The van der Waals surface area contributed by atoms with Gasteiger partial charge in [-0.25, -0.2) is 19.3 Å². The van der Waals surface area contributed by atoms with Crippen LogP contribution in [0.25, 0.3) is 34.4 Å². The molecule has 1 radical (unpaired) electrons. The second-order valence-corrected chi connectivity index (χ2v) is 9.11. The van der Waals surface area contributed by atoms with Gasteiger partial charge in [0.25, 0.3) is 0 Å². The van der Waals surface area contributed by atoms with Crippen LogP contribution in [0.1, 0.15) is 22.3 Å². The summed E-state index contributed by atoms with van der Waals surface area (Å²) in [7, 11) is 0. The van der Waals surface area contributed by atoms with Crippen molar-refractivity contribution in [2.45, 2.75) is 27.7 Å². The van der Waals surface area contributed by atoms with E-state index in [1.165, 1.54) is 11.1 Å². The minimum atomic E-state index is 0. The van der Waals surface area contributed by atoms with E-state index in [1.54, 1.807) is 21.8 Å². The van der Waals surface area contributed by atoms with Crippen molar-refractivity contribution >= 4 is 0 Å². The van der Waals surface area contributed by atoms with E-state index in [0.717, 1.165) is 45.5 Å². The van der Waals surface area contributed by atoms with E-state index in [2.05, 4.69) is 44.0 Å². The molecule has 9 heteroatoms. The molecule has 0 saturated heterocycles. The number of hydrogen-bond donors (Lipinski definition) is 0. The molecule has 0 aromatic carbocycles. The van der Waals surface area contributed by atoms with Crippen molar-refractivity contribution in [3.8, 4) is 34.4 Å². The minimum Gasteiger partial charge on any atom is -0.255 e. The Morgan fingerprint density at radius 2 is 0.897 bits per heavy atom. The summed E-state index contributed by atoms with van der Waals surface area (Å²) >= 11 is 0. The first-order chi connectivity index (χ1) is 18.4. The minimum absolute atomic E-state index is 0. The molecule has 0 atom stereocenters. The van der Waals surface area contributed by atoms with Crippen LogP contribution in [0.4, 0.5) is 0 Å². The molecule has 6 heterocycles. The molecule has 6 aromatic rings. The zero-order valence-electron chi connectivity index (χ0n) is 22.1. The number of rotatable bonds is 4. The van der Waals surface area contributed by atoms with Crippen LogP contribution in [0.2, 0.25) is 0 Å². The van der Waals surface area contributed by atoms with Crippen LogP contribution >= 0.6 is 0 Å². The van der Waals surface area contributed by atoms with E-state index >= 15 is 0 Å². The predicted molar refractivity (Wildman–Crippen MR) is 148 cm³/mol. The number of aromatic nitrogens is 8. The Kier molecular flexibility index (Phi) is 8.75. The van der Waals surface area contributed by atoms with Gasteiger partial charge in [0.2, 0.25) is 0 Å². The third-order valence-electron chi connectivity index (χ3n) is 5.75. The Bertz CT molecular complexity index is 1540. The van der Waals surface area contributed by atoms with Gasteiger partial charge in [-0.3, -0.25) is 9.97 Å². The van der Waals surface area contributed by atoms with Crippen molar-refractivity contribution in [3.05, 3.63) is 120 Å². The van der Waals surface area contributed by atoms with E-state index in [9.17, 15) is 0 Å². The topological polar surface area (TPSA) is 87.2 Å². The molecule has 6 aromatic heterocycles. The summed E-state index contributed by atoms with van der Waals surface area (Å²) in [5, 5.41) is 8.43. The molecule has 195 valence electrons. The van der Waals surface area contributed by atoms with E-state index in [0.29, 0.717) is 0 Å². The molecular formula is C30H28CoN8+2. The maximum Gasteiger partial charge on any atom is 2.00 e. The molecule has 0 bridgehead atoms. The molecule has 0 spiro atoms. The first-order valence-corrected chi connectivity index (χ1v) is 12.3. The fraction of sp³-hybridized carbons (Fsp3) is 0.133. The van der Waals surface area contributed by atoms with Crippen LogP contribution < -0.4 is 0 Å². The zero-order valence-corrected chi connectivity index (χ0v) is 23.2. The average molecular weight is 560 g/mol. The van der Waals surface area contributed by atoms with Gasteiger partial charge in [0.15, 0.2) is 11.6 Å². The van der Waals surface area contributed by atoms with Gasteiger partial charge in [-0.05, 0) is 111 Å². The second kappa shape index (κ2) is 12.4. The summed E-state index contributed by atoms with van der Waals surface area (Å²) in [4.78, 5) is 18.0. The Morgan fingerprint density at radius 1 is 0.487 bits per heavy atom. The zero-order chi connectivity index (χ0) is 26.5. The van der Waals surface area contributed by atoms with Gasteiger partial charge in [0.1, 0.15) is 0 Å². The summed E-state index contributed by atoms with van der Waals surface area (Å²) in [5.74, 6) is 1.62. The predicted octanol–water partition coefficient (Wildman–Crippen LogP) is 5.89. The SMILES string of the molecule is Cc1ccnc(-c2cc(C)cc(-n3cccn3)n2)c1.Cc1ccnc(-c2cc(C)cc(-n3cccn3)n2)c1.[Co+2]. The van der Waals surface area contributed by atoms with Crippen LogP contribution in [0.3, 0.4) is 0 Å². The van der Waals surface area contributed by atoms with Crippen LogP contribution in [-0.2, 0) is 16.8 Å². The number of nitrogens with zero attached hydrogens (tertiary/aromatic N) is 8. The monoisotopic (exact) mass is 559 g/mol.